The molecular weight excluding hydrogens is 383 g/mol. The maximum Gasteiger partial charge on any atom is 0.276 e. The normalized spacial score (nSPS) is 10.9. The van der Waals surface area contributed by atoms with E-state index in [1.54, 1.807) is 34.8 Å². The van der Waals surface area contributed by atoms with E-state index in [9.17, 15) is 4.79 Å². The van der Waals surface area contributed by atoms with Gasteiger partial charge in [-0.05, 0) is 49.4 Å². The molecule has 2 aromatic heterocycles. The van der Waals surface area contributed by atoms with E-state index in [2.05, 4.69) is 15.4 Å². The highest BCUT2D eigenvalue weighted by Gasteiger charge is 2.14. The van der Waals surface area contributed by atoms with Crippen LogP contribution in [0.3, 0.4) is 0 Å². The number of nitrogens with one attached hydrogen (secondary N) is 1. The van der Waals surface area contributed by atoms with Crippen LogP contribution in [0.4, 0.5) is 5.69 Å². The number of carbonyl (C=O) groups is 1. The lowest BCUT2D eigenvalue weighted by molar-refractivity contribution is 0.102. The van der Waals surface area contributed by atoms with Crippen molar-refractivity contribution in [3.63, 3.8) is 0 Å². The summed E-state index contributed by atoms with van der Waals surface area (Å²) in [6, 6.07) is 17.9. The Bertz CT molecular complexity index is 1140. The molecular formula is C20H14Cl2N4O. The third-order valence-electron chi connectivity index (χ3n) is 4.08. The van der Waals surface area contributed by atoms with Gasteiger partial charge in [0.2, 0.25) is 0 Å². The number of nitrogens with zero attached hydrogens (tertiary/aromatic N) is 3. The second kappa shape index (κ2) is 7.02. The van der Waals surface area contributed by atoms with E-state index in [0.29, 0.717) is 21.4 Å². The van der Waals surface area contributed by atoms with Crippen LogP contribution in [0.25, 0.3) is 16.9 Å². The van der Waals surface area contributed by atoms with Crippen molar-refractivity contribution in [2.75, 3.05) is 5.32 Å². The summed E-state index contributed by atoms with van der Waals surface area (Å²) < 4.78 is 1.65. The molecule has 1 N–H and O–H groups in total. The molecule has 7 heteroatoms. The molecule has 0 spiro atoms. The average molecular weight is 397 g/mol. The van der Waals surface area contributed by atoms with E-state index in [0.717, 1.165) is 17.0 Å². The molecule has 134 valence electrons. The van der Waals surface area contributed by atoms with Crippen LogP contribution in [0.1, 0.15) is 16.2 Å². The summed E-state index contributed by atoms with van der Waals surface area (Å²) in [6.45, 7) is 1.92. The lowest BCUT2D eigenvalue weighted by Crippen LogP contribution is -2.12. The summed E-state index contributed by atoms with van der Waals surface area (Å²) >= 11 is 11.8. The van der Waals surface area contributed by atoms with Gasteiger partial charge in [0, 0.05) is 33.1 Å². The van der Waals surface area contributed by atoms with Gasteiger partial charge in [-0.3, -0.25) is 4.79 Å². The molecule has 4 aromatic rings. The van der Waals surface area contributed by atoms with Crippen molar-refractivity contribution in [1.82, 2.24) is 14.6 Å². The Labute approximate surface area is 165 Å². The highest BCUT2D eigenvalue weighted by atomic mass is 35.5. The number of aryl methyl sites for hydroxylation is 1. The fraction of sp³-hybridized carbons (Fsp3) is 0.0500. The van der Waals surface area contributed by atoms with Gasteiger partial charge in [-0.2, -0.15) is 5.10 Å². The predicted molar refractivity (Wildman–Crippen MR) is 108 cm³/mol. The zero-order chi connectivity index (χ0) is 19.0. The number of anilines is 1. The van der Waals surface area contributed by atoms with E-state index in [1.807, 2.05) is 37.3 Å². The Kier molecular flexibility index (Phi) is 4.56. The zero-order valence-corrected chi connectivity index (χ0v) is 15.8. The summed E-state index contributed by atoms with van der Waals surface area (Å²) in [7, 11) is 0. The maximum absolute atomic E-state index is 12.5. The Morgan fingerprint density at radius 3 is 2.26 bits per heavy atom. The number of aromatic nitrogens is 3. The summed E-state index contributed by atoms with van der Waals surface area (Å²) in [6.07, 6.45) is 0. The van der Waals surface area contributed by atoms with Crippen molar-refractivity contribution in [2.24, 2.45) is 0 Å². The van der Waals surface area contributed by atoms with Crippen molar-refractivity contribution in [3.8, 4) is 11.3 Å². The van der Waals surface area contributed by atoms with Gasteiger partial charge in [-0.1, -0.05) is 35.3 Å². The lowest BCUT2D eigenvalue weighted by atomic mass is 10.1. The maximum atomic E-state index is 12.5. The summed E-state index contributed by atoms with van der Waals surface area (Å²) in [4.78, 5) is 17.1. The molecule has 2 aromatic carbocycles. The van der Waals surface area contributed by atoms with Crippen molar-refractivity contribution in [2.45, 2.75) is 6.92 Å². The van der Waals surface area contributed by atoms with Crippen LogP contribution in [-0.4, -0.2) is 20.5 Å². The van der Waals surface area contributed by atoms with Gasteiger partial charge in [0.25, 0.3) is 5.91 Å². The first-order valence-electron chi connectivity index (χ1n) is 8.20. The lowest BCUT2D eigenvalue weighted by Gasteiger charge is -2.04. The van der Waals surface area contributed by atoms with Crippen molar-refractivity contribution >= 4 is 40.4 Å². The molecule has 0 aliphatic rings. The molecule has 2 heterocycles. The number of amides is 1. The predicted octanol–water partition coefficient (Wildman–Crippen LogP) is 5.26. The molecule has 0 aliphatic heterocycles. The third kappa shape index (κ3) is 3.65. The average Bonchev–Trinajstić information content (AvgIpc) is 3.09. The van der Waals surface area contributed by atoms with E-state index in [1.165, 1.54) is 0 Å². The van der Waals surface area contributed by atoms with Crippen LogP contribution < -0.4 is 5.32 Å². The quantitative estimate of drug-likeness (QED) is 0.513. The standard InChI is InChI=1S/C20H14Cl2N4O/c1-12-10-17(13-2-4-14(21)5-3-13)24-19-11-18(25-26(12)19)20(27)23-16-8-6-15(22)7-9-16/h2-11H,1H3,(H,23,27). The highest BCUT2D eigenvalue weighted by Crippen LogP contribution is 2.22. The second-order valence-corrected chi connectivity index (χ2v) is 6.92. The number of hydrogen-bond donors (Lipinski definition) is 1. The molecule has 0 fully saturated rings. The first-order chi connectivity index (χ1) is 13.0. The smallest absolute Gasteiger partial charge is 0.276 e. The molecule has 0 aliphatic carbocycles. The van der Waals surface area contributed by atoms with Crippen LogP contribution >= 0.6 is 23.2 Å². The van der Waals surface area contributed by atoms with Gasteiger partial charge < -0.3 is 5.32 Å². The molecule has 0 atom stereocenters. The highest BCUT2D eigenvalue weighted by molar-refractivity contribution is 6.31. The molecule has 0 saturated carbocycles. The minimum absolute atomic E-state index is 0.286. The molecule has 0 bridgehead atoms. The number of rotatable bonds is 3. The largest absolute Gasteiger partial charge is 0.321 e. The van der Waals surface area contributed by atoms with E-state index >= 15 is 0 Å². The SMILES string of the molecule is Cc1cc(-c2ccc(Cl)cc2)nc2cc(C(=O)Nc3ccc(Cl)cc3)nn12. The summed E-state index contributed by atoms with van der Waals surface area (Å²) in [5.74, 6) is -0.310. The monoisotopic (exact) mass is 396 g/mol. The Hall–Kier alpha value is -2.89. The molecule has 5 nitrogen and oxygen atoms in total. The van der Waals surface area contributed by atoms with Gasteiger partial charge in [-0.25, -0.2) is 9.50 Å². The minimum Gasteiger partial charge on any atom is -0.321 e. The Balaban J connectivity index is 1.67. The number of halogens is 2. The first kappa shape index (κ1) is 17.5. The van der Waals surface area contributed by atoms with Crippen LogP contribution in [0.2, 0.25) is 10.0 Å². The molecule has 0 unspecified atom stereocenters. The number of hydrogen-bond acceptors (Lipinski definition) is 3. The van der Waals surface area contributed by atoms with Gasteiger partial charge in [0.1, 0.15) is 0 Å². The minimum atomic E-state index is -0.310. The number of benzene rings is 2. The van der Waals surface area contributed by atoms with E-state index in [-0.39, 0.29) is 11.6 Å². The number of fused-ring (bicyclic) bond motifs is 1. The summed E-state index contributed by atoms with van der Waals surface area (Å²) in [5.41, 5.74) is 4.14. The van der Waals surface area contributed by atoms with Crippen LogP contribution in [0.5, 0.6) is 0 Å². The number of carbonyl (C=O) groups excluding carboxylic acids is 1. The first-order valence-corrected chi connectivity index (χ1v) is 8.95. The van der Waals surface area contributed by atoms with Crippen LogP contribution in [-0.2, 0) is 0 Å². The van der Waals surface area contributed by atoms with Crippen LogP contribution in [0.15, 0.2) is 60.7 Å². The second-order valence-electron chi connectivity index (χ2n) is 6.05. The van der Waals surface area contributed by atoms with E-state index in [4.69, 9.17) is 23.2 Å². The van der Waals surface area contributed by atoms with Gasteiger partial charge >= 0.3 is 0 Å². The van der Waals surface area contributed by atoms with Gasteiger partial charge in [-0.15, -0.1) is 0 Å². The van der Waals surface area contributed by atoms with Crippen molar-refractivity contribution < 1.29 is 4.79 Å². The Morgan fingerprint density at radius 2 is 1.59 bits per heavy atom. The fourth-order valence-electron chi connectivity index (χ4n) is 2.73. The third-order valence-corrected chi connectivity index (χ3v) is 4.58. The molecule has 0 radical (unpaired) electrons. The summed E-state index contributed by atoms with van der Waals surface area (Å²) in [5, 5.41) is 8.45. The Morgan fingerprint density at radius 1 is 0.963 bits per heavy atom. The topological polar surface area (TPSA) is 59.3 Å². The van der Waals surface area contributed by atoms with Crippen LogP contribution in [0, 0.1) is 6.92 Å². The molecule has 1 amide bonds. The van der Waals surface area contributed by atoms with E-state index < -0.39 is 0 Å². The molecule has 0 saturated heterocycles. The zero-order valence-electron chi connectivity index (χ0n) is 14.3. The molecule has 4 rings (SSSR count). The van der Waals surface area contributed by atoms with Gasteiger partial charge in [0.05, 0.1) is 5.69 Å². The fourth-order valence-corrected chi connectivity index (χ4v) is 2.98. The molecule has 27 heavy (non-hydrogen) atoms. The van der Waals surface area contributed by atoms with Crippen molar-refractivity contribution in [1.29, 1.82) is 0 Å². The van der Waals surface area contributed by atoms with Gasteiger partial charge in [0.15, 0.2) is 11.3 Å². The van der Waals surface area contributed by atoms with Crippen molar-refractivity contribution in [3.05, 3.63) is 82.1 Å².